The Balaban J connectivity index is 1.38. The summed E-state index contributed by atoms with van der Waals surface area (Å²) >= 11 is 0. The molecule has 2 amide bonds. The van der Waals surface area contributed by atoms with Crippen LogP contribution in [0.15, 0.2) is 36.5 Å². The second-order valence-corrected chi connectivity index (χ2v) is 6.57. The highest BCUT2D eigenvalue weighted by Crippen LogP contribution is 2.12. The molecule has 2 N–H and O–H groups in total. The van der Waals surface area contributed by atoms with Gasteiger partial charge >= 0.3 is 6.03 Å². The van der Waals surface area contributed by atoms with E-state index < -0.39 is 0 Å². The number of aryl methyl sites for hydroxylation is 1. The Kier molecular flexibility index (Phi) is 6.06. The standard InChI is InChI=1S/C19H27N5O/c1-23-18(9-12-21-23)8-11-20-19(25)22-17-6-4-16(5-7-17)10-15-24-13-2-3-14-24/h4-7,9,12H,2-3,8,10-11,13-15H2,1H3,(H2,20,22,25). The van der Waals surface area contributed by atoms with Gasteiger partial charge in [-0.15, -0.1) is 0 Å². The van der Waals surface area contributed by atoms with Gasteiger partial charge in [-0.3, -0.25) is 4.68 Å². The van der Waals surface area contributed by atoms with Crippen LogP contribution in [0.5, 0.6) is 0 Å². The van der Waals surface area contributed by atoms with E-state index in [0.717, 1.165) is 30.8 Å². The lowest BCUT2D eigenvalue weighted by Crippen LogP contribution is -2.30. The van der Waals surface area contributed by atoms with Gasteiger partial charge in [0.05, 0.1) is 0 Å². The molecule has 0 unspecified atom stereocenters. The summed E-state index contributed by atoms with van der Waals surface area (Å²) in [6.45, 7) is 4.18. The van der Waals surface area contributed by atoms with Crippen molar-refractivity contribution in [2.24, 2.45) is 7.05 Å². The van der Waals surface area contributed by atoms with Crippen LogP contribution in [0.1, 0.15) is 24.1 Å². The van der Waals surface area contributed by atoms with Gasteiger partial charge in [-0.25, -0.2) is 4.79 Å². The fourth-order valence-corrected chi connectivity index (χ4v) is 3.17. The molecule has 0 saturated carbocycles. The maximum absolute atomic E-state index is 12.0. The molecule has 6 heteroatoms. The van der Waals surface area contributed by atoms with E-state index in [1.165, 1.54) is 31.5 Å². The molecule has 0 bridgehead atoms. The van der Waals surface area contributed by atoms with Crippen LogP contribution < -0.4 is 10.6 Å². The monoisotopic (exact) mass is 341 g/mol. The topological polar surface area (TPSA) is 62.2 Å². The molecule has 3 rings (SSSR count). The molecule has 1 fully saturated rings. The lowest BCUT2D eigenvalue weighted by Gasteiger charge is -2.14. The molecule has 25 heavy (non-hydrogen) atoms. The van der Waals surface area contributed by atoms with Crippen molar-refractivity contribution >= 4 is 11.7 Å². The Morgan fingerprint density at radius 3 is 2.56 bits per heavy atom. The second-order valence-electron chi connectivity index (χ2n) is 6.57. The van der Waals surface area contributed by atoms with Gasteiger partial charge in [-0.2, -0.15) is 5.10 Å². The van der Waals surface area contributed by atoms with Crippen molar-refractivity contribution in [2.75, 3.05) is 31.5 Å². The van der Waals surface area contributed by atoms with Gasteiger partial charge in [0.2, 0.25) is 0 Å². The number of nitrogens with zero attached hydrogens (tertiary/aromatic N) is 3. The molecule has 0 spiro atoms. The van der Waals surface area contributed by atoms with Crippen LogP contribution in [0.25, 0.3) is 0 Å². The Bertz CT molecular complexity index is 673. The minimum atomic E-state index is -0.174. The van der Waals surface area contributed by atoms with Crippen LogP contribution in [0, 0.1) is 0 Å². The maximum Gasteiger partial charge on any atom is 0.319 e. The number of hydrogen-bond donors (Lipinski definition) is 2. The largest absolute Gasteiger partial charge is 0.337 e. The first-order chi connectivity index (χ1) is 12.2. The highest BCUT2D eigenvalue weighted by molar-refractivity contribution is 5.89. The lowest BCUT2D eigenvalue weighted by molar-refractivity contribution is 0.252. The highest BCUT2D eigenvalue weighted by atomic mass is 16.2. The van der Waals surface area contributed by atoms with E-state index in [4.69, 9.17) is 0 Å². The number of urea groups is 1. The summed E-state index contributed by atoms with van der Waals surface area (Å²) in [5.41, 5.74) is 3.24. The molecule has 0 radical (unpaired) electrons. The number of carbonyl (C=O) groups is 1. The van der Waals surface area contributed by atoms with Gasteiger partial charge in [0, 0.05) is 44.1 Å². The fourth-order valence-electron chi connectivity index (χ4n) is 3.17. The van der Waals surface area contributed by atoms with Crippen LogP contribution in [-0.2, 0) is 19.9 Å². The average molecular weight is 341 g/mol. The highest BCUT2D eigenvalue weighted by Gasteiger charge is 2.10. The number of likely N-dealkylation sites (tertiary alicyclic amines) is 1. The zero-order chi connectivity index (χ0) is 17.5. The van der Waals surface area contributed by atoms with E-state index in [2.05, 4.69) is 32.8 Å². The molecule has 1 saturated heterocycles. The molecule has 0 atom stereocenters. The summed E-state index contributed by atoms with van der Waals surface area (Å²) in [7, 11) is 1.90. The number of benzene rings is 1. The van der Waals surface area contributed by atoms with Crippen molar-refractivity contribution in [3.8, 4) is 0 Å². The molecule has 6 nitrogen and oxygen atoms in total. The van der Waals surface area contributed by atoms with Gasteiger partial charge in [-0.1, -0.05) is 12.1 Å². The van der Waals surface area contributed by atoms with Crippen molar-refractivity contribution in [3.05, 3.63) is 47.8 Å². The number of amides is 2. The van der Waals surface area contributed by atoms with Gasteiger partial charge in [0.25, 0.3) is 0 Å². The maximum atomic E-state index is 12.0. The predicted molar refractivity (Wildman–Crippen MR) is 99.8 cm³/mol. The minimum Gasteiger partial charge on any atom is -0.337 e. The smallest absolute Gasteiger partial charge is 0.319 e. The van der Waals surface area contributed by atoms with Gasteiger partial charge in [0.1, 0.15) is 0 Å². The van der Waals surface area contributed by atoms with Crippen LogP contribution in [-0.4, -0.2) is 46.9 Å². The third-order valence-corrected chi connectivity index (χ3v) is 4.72. The number of hydrogen-bond acceptors (Lipinski definition) is 3. The minimum absolute atomic E-state index is 0.174. The summed E-state index contributed by atoms with van der Waals surface area (Å²) in [5, 5.41) is 9.87. The number of aromatic nitrogens is 2. The normalized spacial score (nSPS) is 14.6. The first-order valence-corrected chi connectivity index (χ1v) is 9.04. The Morgan fingerprint density at radius 1 is 1.12 bits per heavy atom. The Morgan fingerprint density at radius 2 is 1.88 bits per heavy atom. The van der Waals surface area contributed by atoms with Crippen LogP contribution in [0.2, 0.25) is 0 Å². The lowest BCUT2D eigenvalue weighted by atomic mass is 10.1. The van der Waals surface area contributed by atoms with Crippen molar-refractivity contribution < 1.29 is 4.79 Å². The molecule has 0 aliphatic carbocycles. The van der Waals surface area contributed by atoms with E-state index in [9.17, 15) is 4.79 Å². The molecular weight excluding hydrogens is 314 g/mol. The first kappa shape index (κ1) is 17.5. The quantitative estimate of drug-likeness (QED) is 0.813. The average Bonchev–Trinajstić information content (AvgIpc) is 3.26. The van der Waals surface area contributed by atoms with Gasteiger partial charge < -0.3 is 15.5 Å². The predicted octanol–water partition coefficient (Wildman–Crippen LogP) is 2.42. The number of carbonyl (C=O) groups excluding carboxylic acids is 1. The van der Waals surface area contributed by atoms with Gasteiger partial charge in [-0.05, 0) is 56.1 Å². The van der Waals surface area contributed by atoms with Crippen LogP contribution in [0.4, 0.5) is 10.5 Å². The molecule has 2 aromatic rings. The fraction of sp³-hybridized carbons (Fsp3) is 0.474. The van der Waals surface area contributed by atoms with E-state index in [1.54, 1.807) is 6.20 Å². The summed E-state index contributed by atoms with van der Waals surface area (Å²) in [6, 6.07) is 9.93. The molecule has 1 aliphatic heterocycles. The molecule has 2 heterocycles. The van der Waals surface area contributed by atoms with E-state index >= 15 is 0 Å². The SMILES string of the molecule is Cn1nccc1CCNC(=O)Nc1ccc(CCN2CCCC2)cc1. The van der Waals surface area contributed by atoms with E-state index in [1.807, 2.05) is 29.9 Å². The Hall–Kier alpha value is -2.34. The van der Waals surface area contributed by atoms with Crippen molar-refractivity contribution in [1.82, 2.24) is 20.0 Å². The van der Waals surface area contributed by atoms with Crippen molar-refractivity contribution in [2.45, 2.75) is 25.7 Å². The molecule has 134 valence electrons. The number of nitrogens with one attached hydrogen (secondary N) is 2. The third-order valence-electron chi connectivity index (χ3n) is 4.72. The van der Waals surface area contributed by atoms with E-state index in [0.29, 0.717) is 6.54 Å². The Labute approximate surface area is 149 Å². The van der Waals surface area contributed by atoms with Crippen molar-refractivity contribution in [1.29, 1.82) is 0 Å². The van der Waals surface area contributed by atoms with E-state index in [-0.39, 0.29) is 6.03 Å². The number of rotatable bonds is 7. The number of anilines is 1. The first-order valence-electron chi connectivity index (χ1n) is 9.04. The third kappa shape index (κ3) is 5.32. The molecular formula is C19H27N5O. The summed E-state index contributed by atoms with van der Waals surface area (Å²) in [6.07, 6.45) is 6.26. The molecule has 1 aromatic heterocycles. The van der Waals surface area contributed by atoms with Crippen LogP contribution in [0.3, 0.4) is 0 Å². The van der Waals surface area contributed by atoms with Gasteiger partial charge in [0.15, 0.2) is 0 Å². The summed E-state index contributed by atoms with van der Waals surface area (Å²) < 4.78 is 1.82. The summed E-state index contributed by atoms with van der Waals surface area (Å²) in [5.74, 6) is 0. The zero-order valence-electron chi connectivity index (χ0n) is 14.9. The van der Waals surface area contributed by atoms with Crippen LogP contribution >= 0.6 is 0 Å². The second kappa shape index (κ2) is 8.67. The zero-order valence-corrected chi connectivity index (χ0v) is 14.9. The summed E-state index contributed by atoms with van der Waals surface area (Å²) in [4.78, 5) is 14.5. The molecule has 1 aliphatic rings. The van der Waals surface area contributed by atoms with Crippen molar-refractivity contribution in [3.63, 3.8) is 0 Å². The molecule has 1 aromatic carbocycles.